The highest BCUT2D eigenvalue weighted by Gasteiger charge is 2.25. The summed E-state index contributed by atoms with van der Waals surface area (Å²) in [6.45, 7) is 4.14. The van der Waals surface area contributed by atoms with E-state index in [1.807, 2.05) is 24.3 Å². The first-order valence-corrected chi connectivity index (χ1v) is 7.63. The van der Waals surface area contributed by atoms with Crippen LogP contribution in [0.15, 0.2) is 28.7 Å². The summed E-state index contributed by atoms with van der Waals surface area (Å²) >= 11 is 0. The van der Waals surface area contributed by atoms with Gasteiger partial charge >= 0.3 is 0 Å². The summed E-state index contributed by atoms with van der Waals surface area (Å²) in [7, 11) is 0. The normalized spacial score (nSPS) is 20.1. The van der Waals surface area contributed by atoms with Gasteiger partial charge in [-0.25, -0.2) is 4.98 Å². The number of fused-ring (bicyclic) bond motifs is 1. The molecule has 3 rings (SSSR count). The number of aromatic nitrogens is 1. The number of oxazole rings is 1. The molecule has 1 atom stereocenters. The molecule has 1 aliphatic rings. The second-order valence-corrected chi connectivity index (χ2v) is 5.50. The number of piperidine rings is 1. The van der Waals surface area contributed by atoms with Crippen molar-refractivity contribution in [3.8, 4) is 0 Å². The van der Waals surface area contributed by atoms with Crippen molar-refractivity contribution in [1.82, 2.24) is 9.88 Å². The maximum atomic E-state index is 8.70. The molecule has 1 N–H and O–H groups in total. The van der Waals surface area contributed by atoms with Gasteiger partial charge in [-0.15, -0.1) is 0 Å². The van der Waals surface area contributed by atoms with Gasteiger partial charge in [0.05, 0.1) is 19.8 Å². The number of rotatable bonds is 6. The second kappa shape index (κ2) is 7.02. The molecule has 2 heterocycles. The summed E-state index contributed by atoms with van der Waals surface area (Å²) in [5.41, 5.74) is 1.81. The Morgan fingerprint density at radius 1 is 1.33 bits per heavy atom. The third-order valence-corrected chi connectivity index (χ3v) is 3.95. The Labute approximate surface area is 124 Å². The summed E-state index contributed by atoms with van der Waals surface area (Å²) in [6.07, 6.45) is 2.28. The van der Waals surface area contributed by atoms with Gasteiger partial charge in [0.25, 0.3) is 0 Å². The van der Waals surface area contributed by atoms with Crippen LogP contribution in [-0.2, 0) is 4.74 Å². The third kappa shape index (κ3) is 3.61. The molecule has 1 fully saturated rings. The fraction of sp³-hybridized carbons (Fsp3) is 0.562. The van der Waals surface area contributed by atoms with Gasteiger partial charge in [0.15, 0.2) is 11.5 Å². The number of nitrogens with zero attached hydrogens (tertiary/aromatic N) is 2. The van der Waals surface area contributed by atoms with Crippen LogP contribution in [0.1, 0.15) is 24.7 Å². The van der Waals surface area contributed by atoms with Gasteiger partial charge in [0.1, 0.15) is 5.52 Å². The average Bonchev–Trinajstić information content (AvgIpc) is 2.96. The SMILES string of the molecule is OCCOCCN1CCCC(c2nc3ccccc3o2)C1. The lowest BCUT2D eigenvalue weighted by Gasteiger charge is -2.30. The summed E-state index contributed by atoms with van der Waals surface area (Å²) in [5, 5.41) is 8.70. The number of aliphatic hydroxyl groups excluding tert-OH is 1. The number of hydrogen-bond acceptors (Lipinski definition) is 5. The Bertz CT molecular complexity index is 536. The molecule has 1 unspecified atom stereocenters. The minimum absolute atomic E-state index is 0.0888. The van der Waals surface area contributed by atoms with E-state index in [9.17, 15) is 0 Å². The summed E-state index contributed by atoms with van der Waals surface area (Å²) < 4.78 is 11.2. The van der Waals surface area contributed by atoms with Crippen molar-refractivity contribution in [2.24, 2.45) is 0 Å². The standard InChI is InChI=1S/C16H22N2O3/c19-9-11-20-10-8-18-7-3-4-13(12-18)16-17-14-5-1-2-6-15(14)21-16/h1-2,5-6,13,19H,3-4,7-12H2. The second-order valence-electron chi connectivity index (χ2n) is 5.50. The minimum Gasteiger partial charge on any atom is -0.440 e. The number of likely N-dealkylation sites (tertiary alicyclic amines) is 1. The molecule has 5 heteroatoms. The van der Waals surface area contributed by atoms with Crippen LogP contribution in [-0.4, -0.2) is 54.4 Å². The molecule has 1 aromatic heterocycles. The zero-order valence-electron chi connectivity index (χ0n) is 12.2. The summed E-state index contributed by atoms with van der Waals surface area (Å²) in [4.78, 5) is 7.01. The lowest BCUT2D eigenvalue weighted by molar-refractivity contribution is 0.0660. The minimum atomic E-state index is 0.0888. The lowest BCUT2D eigenvalue weighted by atomic mass is 9.98. The van der Waals surface area contributed by atoms with Crippen molar-refractivity contribution in [3.05, 3.63) is 30.2 Å². The molecule has 0 bridgehead atoms. The molecular formula is C16H22N2O3. The third-order valence-electron chi connectivity index (χ3n) is 3.95. The topological polar surface area (TPSA) is 58.7 Å². The molecule has 2 aromatic rings. The Kier molecular flexibility index (Phi) is 4.85. The molecule has 0 saturated carbocycles. The first-order chi connectivity index (χ1) is 10.4. The highest BCUT2D eigenvalue weighted by atomic mass is 16.5. The summed E-state index contributed by atoms with van der Waals surface area (Å²) in [6, 6.07) is 7.92. The van der Waals surface area contributed by atoms with Gasteiger partial charge in [-0.05, 0) is 31.5 Å². The maximum Gasteiger partial charge on any atom is 0.199 e. The van der Waals surface area contributed by atoms with Crippen molar-refractivity contribution in [2.45, 2.75) is 18.8 Å². The molecule has 0 amide bonds. The molecule has 0 spiro atoms. The van der Waals surface area contributed by atoms with Gasteiger partial charge in [0.2, 0.25) is 0 Å². The van der Waals surface area contributed by atoms with E-state index < -0.39 is 0 Å². The van der Waals surface area contributed by atoms with Crippen LogP contribution in [0.5, 0.6) is 0 Å². The van der Waals surface area contributed by atoms with Crippen LogP contribution in [0, 0.1) is 0 Å². The Morgan fingerprint density at radius 3 is 3.10 bits per heavy atom. The van der Waals surface area contributed by atoms with E-state index in [0.717, 1.165) is 49.5 Å². The van der Waals surface area contributed by atoms with Crippen LogP contribution in [0.4, 0.5) is 0 Å². The molecule has 21 heavy (non-hydrogen) atoms. The van der Waals surface area contributed by atoms with Gasteiger partial charge in [-0.2, -0.15) is 0 Å². The van der Waals surface area contributed by atoms with Crippen molar-refractivity contribution in [2.75, 3.05) is 39.5 Å². The largest absolute Gasteiger partial charge is 0.440 e. The molecule has 114 valence electrons. The lowest BCUT2D eigenvalue weighted by Crippen LogP contribution is -2.36. The molecule has 1 aromatic carbocycles. The van der Waals surface area contributed by atoms with Crippen LogP contribution in [0.2, 0.25) is 0 Å². The number of aliphatic hydroxyl groups is 1. The summed E-state index contributed by atoms with van der Waals surface area (Å²) in [5.74, 6) is 1.22. The molecule has 1 aliphatic heterocycles. The fourth-order valence-corrected chi connectivity index (χ4v) is 2.89. The predicted molar refractivity (Wildman–Crippen MR) is 80.3 cm³/mol. The smallest absolute Gasteiger partial charge is 0.199 e. The van der Waals surface area contributed by atoms with E-state index in [-0.39, 0.29) is 6.61 Å². The van der Waals surface area contributed by atoms with Crippen molar-refractivity contribution < 1.29 is 14.3 Å². The van der Waals surface area contributed by atoms with Crippen molar-refractivity contribution >= 4 is 11.1 Å². The highest BCUT2D eigenvalue weighted by Crippen LogP contribution is 2.28. The molecule has 1 saturated heterocycles. The van der Waals surface area contributed by atoms with E-state index in [1.165, 1.54) is 0 Å². The van der Waals surface area contributed by atoms with Gasteiger partial charge in [-0.3, -0.25) is 0 Å². The average molecular weight is 290 g/mol. The maximum absolute atomic E-state index is 8.70. The highest BCUT2D eigenvalue weighted by molar-refractivity contribution is 5.72. The number of hydrogen-bond donors (Lipinski definition) is 1. The zero-order chi connectivity index (χ0) is 14.5. The number of ether oxygens (including phenoxy) is 1. The van der Waals surface area contributed by atoms with E-state index in [0.29, 0.717) is 19.1 Å². The van der Waals surface area contributed by atoms with Gasteiger partial charge in [0, 0.05) is 19.0 Å². The Morgan fingerprint density at radius 2 is 2.24 bits per heavy atom. The number of benzene rings is 1. The fourth-order valence-electron chi connectivity index (χ4n) is 2.89. The van der Waals surface area contributed by atoms with E-state index in [2.05, 4.69) is 9.88 Å². The van der Waals surface area contributed by atoms with E-state index in [4.69, 9.17) is 14.3 Å². The molecular weight excluding hydrogens is 268 g/mol. The first-order valence-electron chi connectivity index (χ1n) is 7.63. The molecule has 0 radical (unpaired) electrons. The predicted octanol–water partition coefficient (Wildman–Crippen LogP) is 2.02. The van der Waals surface area contributed by atoms with Crippen molar-refractivity contribution in [1.29, 1.82) is 0 Å². The van der Waals surface area contributed by atoms with Crippen LogP contribution in [0.25, 0.3) is 11.1 Å². The Balaban J connectivity index is 1.60. The van der Waals surface area contributed by atoms with E-state index >= 15 is 0 Å². The monoisotopic (exact) mass is 290 g/mol. The van der Waals surface area contributed by atoms with E-state index in [1.54, 1.807) is 0 Å². The van der Waals surface area contributed by atoms with Gasteiger partial charge in [-0.1, -0.05) is 12.1 Å². The number of para-hydroxylation sites is 2. The zero-order valence-corrected chi connectivity index (χ0v) is 12.2. The van der Waals surface area contributed by atoms with Gasteiger partial charge < -0.3 is 19.2 Å². The van der Waals surface area contributed by atoms with Crippen LogP contribution in [0.3, 0.4) is 0 Å². The molecule has 5 nitrogen and oxygen atoms in total. The van der Waals surface area contributed by atoms with Crippen LogP contribution < -0.4 is 0 Å². The first kappa shape index (κ1) is 14.5. The quantitative estimate of drug-likeness (QED) is 0.825. The van der Waals surface area contributed by atoms with Crippen molar-refractivity contribution in [3.63, 3.8) is 0 Å². The molecule has 0 aliphatic carbocycles. The van der Waals surface area contributed by atoms with Crippen LogP contribution >= 0.6 is 0 Å². The Hall–Kier alpha value is -1.43.